The van der Waals surface area contributed by atoms with Crippen LogP contribution in [0.25, 0.3) is 5.32 Å². The third-order valence-corrected chi connectivity index (χ3v) is 1.89. The van der Waals surface area contributed by atoms with Crippen LogP contribution in [0.3, 0.4) is 0 Å². The molecule has 1 aliphatic rings. The molecule has 0 bridgehead atoms. The predicted octanol–water partition coefficient (Wildman–Crippen LogP) is -0.816. The van der Waals surface area contributed by atoms with Crippen LogP contribution in [-0.2, 0) is 0 Å². The zero-order valence-electron chi connectivity index (χ0n) is 6.78. The maximum atomic E-state index is 4.27. The molecule has 0 aromatic heterocycles. The van der Waals surface area contributed by atoms with Crippen molar-refractivity contribution in [1.29, 1.82) is 0 Å². The average molecular weight is 198 g/mol. The van der Waals surface area contributed by atoms with Crippen molar-refractivity contribution in [3.63, 3.8) is 0 Å². The van der Waals surface area contributed by atoms with Gasteiger partial charge in [-0.1, -0.05) is 26.7 Å². The van der Waals surface area contributed by atoms with Gasteiger partial charge in [0.1, 0.15) is 0 Å². The quantitative estimate of drug-likeness (QED) is 0.482. The first kappa shape index (κ1) is 10.8. The van der Waals surface area contributed by atoms with Crippen LogP contribution in [0.15, 0.2) is 0 Å². The molecule has 0 aromatic rings. The first-order chi connectivity index (χ1) is 3.71. The molecule has 9 heavy (non-hydrogen) atoms. The summed E-state index contributed by atoms with van der Waals surface area (Å²) in [5.74, 6) is 0. The number of hydrogen-bond acceptors (Lipinski definition) is 0. The van der Waals surface area contributed by atoms with Gasteiger partial charge in [-0.3, -0.25) is 0 Å². The normalized spacial score (nSPS) is 24.7. The van der Waals surface area contributed by atoms with E-state index < -0.39 is 0 Å². The molecule has 1 aliphatic heterocycles. The molecule has 1 saturated heterocycles. The van der Waals surface area contributed by atoms with Crippen LogP contribution < -0.4 is 58.2 Å². The van der Waals surface area contributed by atoms with Crippen molar-refractivity contribution < 1.29 is 58.2 Å². The van der Waals surface area contributed by atoms with Crippen LogP contribution >= 0.6 is 0 Å². The smallest absolute Gasteiger partial charge is 0.662 e. The topological polar surface area (TPSA) is 14.1 Å². The zero-order chi connectivity index (χ0) is 6.04. The standard InChI is InChI=1S/C7H14N.Rb/c1-7(2)3-5-8-6-4-7;/h3-6H2,1-2H3;/q-1;+1. The molecule has 0 amide bonds. The van der Waals surface area contributed by atoms with Gasteiger partial charge in [-0.15, -0.1) is 13.1 Å². The molecular weight excluding hydrogens is 184 g/mol. The average Bonchev–Trinajstić information content (AvgIpc) is 1.65. The Labute approximate surface area is 107 Å². The van der Waals surface area contributed by atoms with Gasteiger partial charge in [-0.05, 0) is 5.41 Å². The summed E-state index contributed by atoms with van der Waals surface area (Å²) in [6.45, 7) is 6.82. The summed E-state index contributed by atoms with van der Waals surface area (Å²) in [5.41, 5.74) is 0.585. The summed E-state index contributed by atoms with van der Waals surface area (Å²) in [4.78, 5) is 0. The summed E-state index contributed by atoms with van der Waals surface area (Å²) in [7, 11) is 0. The number of rotatable bonds is 0. The second-order valence-corrected chi connectivity index (χ2v) is 3.34. The van der Waals surface area contributed by atoms with Crippen LogP contribution in [0.4, 0.5) is 0 Å². The van der Waals surface area contributed by atoms with Crippen molar-refractivity contribution in [1.82, 2.24) is 0 Å². The van der Waals surface area contributed by atoms with E-state index in [4.69, 9.17) is 0 Å². The fourth-order valence-electron chi connectivity index (χ4n) is 1.00. The van der Waals surface area contributed by atoms with E-state index in [-0.39, 0.29) is 58.2 Å². The Morgan fingerprint density at radius 3 is 1.78 bits per heavy atom. The molecule has 0 spiro atoms. The van der Waals surface area contributed by atoms with Gasteiger partial charge in [-0.2, -0.15) is 0 Å². The maximum Gasteiger partial charge on any atom is 1.00 e. The van der Waals surface area contributed by atoms with E-state index in [2.05, 4.69) is 19.2 Å². The van der Waals surface area contributed by atoms with Crippen LogP contribution in [0, 0.1) is 5.41 Å². The van der Waals surface area contributed by atoms with Crippen molar-refractivity contribution in [2.45, 2.75) is 26.7 Å². The van der Waals surface area contributed by atoms with Gasteiger partial charge in [0, 0.05) is 0 Å². The van der Waals surface area contributed by atoms with Gasteiger partial charge >= 0.3 is 58.2 Å². The van der Waals surface area contributed by atoms with Crippen molar-refractivity contribution in [3.8, 4) is 0 Å². The molecule has 1 heterocycles. The molecule has 0 N–H and O–H groups in total. The van der Waals surface area contributed by atoms with Gasteiger partial charge in [0.2, 0.25) is 0 Å². The SMILES string of the molecule is CC1(C)CC[N-]CC1.[Rb+]. The van der Waals surface area contributed by atoms with Gasteiger partial charge < -0.3 is 5.32 Å². The summed E-state index contributed by atoms with van der Waals surface area (Å²) < 4.78 is 0. The van der Waals surface area contributed by atoms with E-state index in [1.165, 1.54) is 12.8 Å². The van der Waals surface area contributed by atoms with Crippen molar-refractivity contribution >= 4 is 0 Å². The van der Waals surface area contributed by atoms with Crippen LogP contribution in [0.1, 0.15) is 26.7 Å². The third kappa shape index (κ3) is 4.25. The van der Waals surface area contributed by atoms with E-state index in [0.29, 0.717) is 5.41 Å². The van der Waals surface area contributed by atoms with Crippen LogP contribution in [0.2, 0.25) is 0 Å². The molecule has 0 aliphatic carbocycles. The number of hydrogen-bond donors (Lipinski definition) is 0. The molecule has 1 fully saturated rings. The minimum atomic E-state index is 0. The molecule has 1 nitrogen and oxygen atoms in total. The predicted molar refractivity (Wildman–Crippen MR) is 36.1 cm³/mol. The molecule has 48 valence electrons. The summed E-state index contributed by atoms with van der Waals surface area (Å²) in [5, 5.41) is 4.27. The molecule has 0 saturated carbocycles. The number of nitrogens with zero attached hydrogens (tertiary/aromatic N) is 1. The van der Waals surface area contributed by atoms with Gasteiger partial charge in [-0.25, -0.2) is 0 Å². The number of piperidine rings is 1. The molecular formula is C7H14NRb. The molecule has 2 heteroatoms. The van der Waals surface area contributed by atoms with Gasteiger partial charge in [0.15, 0.2) is 0 Å². The van der Waals surface area contributed by atoms with Gasteiger partial charge in [0.05, 0.1) is 0 Å². The van der Waals surface area contributed by atoms with E-state index in [1.807, 2.05) is 0 Å². The summed E-state index contributed by atoms with van der Waals surface area (Å²) in [6.07, 6.45) is 2.57. The van der Waals surface area contributed by atoms with E-state index in [1.54, 1.807) is 0 Å². The summed E-state index contributed by atoms with van der Waals surface area (Å²) in [6, 6.07) is 0. The fourth-order valence-corrected chi connectivity index (χ4v) is 1.00. The van der Waals surface area contributed by atoms with E-state index in [0.717, 1.165) is 13.1 Å². The Balaban J connectivity index is 0.000000640. The first-order valence-corrected chi connectivity index (χ1v) is 3.34. The largest absolute Gasteiger partial charge is 1.00 e. The minimum absolute atomic E-state index is 0. The molecule has 0 unspecified atom stereocenters. The molecule has 0 aromatic carbocycles. The zero-order valence-corrected chi connectivity index (χ0v) is 11.7. The second-order valence-electron chi connectivity index (χ2n) is 3.34. The Hall–Kier alpha value is 1.77. The third-order valence-electron chi connectivity index (χ3n) is 1.89. The van der Waals surface area contributed by atoms with Crippen molar-refractivity contribution in [2.24, 2.45) is 5.41 Å². The maximum absolute atomic E-state index is 4.27. The Morgan fingerprint density at radius 2 is 1.56 bits per heavy atom. The fraction of sp³-hybridized carbons (Fsp3) is 1.00. The molecule has 0 radical (unpaired) electrons. The first-order valence-electron chi connectivity index (χ1n) is 3.34. The van der Waals surface area contributed by atoms with Crippen LogP contribution in [0.5, 0.6) is 0 Å². The Morgan fingerprint density at radius 1 is 1.11 bits per heavy atom. The monoisotopic (exact) mass is 197 g/mol. The van der Waals surface area contributed by atoms with Crippen molar-refractivity contribution in [2.75, 3.05) is 13.1 Å². The molecule has 0 atom stereocenters. The van der Waals surface area contributed by atoms with E-state index >= 15 is 0 Å². The second kappa shape index (κ2) is 4.60. The minimum Gasteiger partial charge on any atom is -0.662 e. The van der Waals surface area contributed by atoms with Crippen molar-refractivity contribution in [3.05, 3.63) is 5.32 Å². The van der Waals surface area contributed by atoms with E-state index in [9.17, 15) is 0 Å². The van der Waals surface area contributed by atoms with Crippen LogP contribution in [-0.4, -0.2) is 13.1 Å². The summed E-state index contributed by atoms with van der Waals surface area (Å²) >= 11 is 0. The molecule has 1 rings (SSSR count). The Bertz CT molecular complexity index is 73.0. The Kier molecular flexibility index (Phi) is 5.51. The van der Waals surface area contributed by atoms with Gasteiger partial charge in [0.25, 0.3) is 0 Å².